The summed E-state index contributed by atoms with van der Waals surface area (Å²) in [6.45, 7) is 0.992. The molecule has 5 heteroatoms. The molecule has 1 aliphatic heterocycles. The van der Waals surface area contributed by atoms with Crippen molar-refractivity contribution in [3.05, 3.63) is 35.7 Å². The van der Waals surface area contributed by atoms with Crippen LogP contribution in [0.2, 0.25) is 0 Å². The summed E-state index contributed by atoms with van der Waals surface area (Å²) in [6, 6.07) is 9.33. The predicted molar refractivity (Wildman–Crippen MR) is 83.3 cm³/mol. The lowest BCUT2D eigenvalue weighted by Crippen LogP contribution is -2.31. The van der Waals surface area contributed by atoms with E-state index in [1.54, 1.807) is 7.11 Å². The summed E-state index contributed by atoms with van der Waals surface area (Å²) in [5.74, 6) is 2.29. The summed E-state index contributed by atoms with van der Waals surface area (Å²) in [4.78, 5) is 2.27. The Morgan fingerprint density at radius 1 is 1.23 bits per heavy atom. The van der Waals surface area contributed by atoms with Crippen LogP contribution >= 0.6 is 0 Å². The Bertz CT molecular complexity index is 651. The Labute approximate surface area is 130 Å². The molecule has 1 unspecified atom stereocenters. The number of benzene rings is 1. The second-order valence-electron chi connectivity index (χ2n) is 6.20. The predicted octanol–water partition coefficient (Wildman–Crippen LogP) is 3.17. The highest BCUT2D eigenvalue weighted by atomic mass is 16.5. The van der Waals surface area contributed by atoms with Gasteiger partial charge in [-0.3, -0.25) is 0 Å². The number of hydrogen-bond donors (Lipinski definition) is 0. The van der Waals surface area contributed by atoms with Gasteiger partial charge in [0.1, 0.15) is 5.75 Å². The van der Waals surface area contributed by atoms with Crippen LogP contribution < -0.4 is 9.64 Å². The monoisotopic (exact) mass is 299 g/mol. The summed E-state index contributed by atoms with van der Waals surface area (Å²) in [5.41, 5.74) is 1.24. The summed E-state index contributed by atoms with van der Waals surface area (Å²) in [5, 5.41) is 8.49. The second kappa shape index (κ2) is 5.63. The first kappa shape index (κ1) is 13.6. The molecule has 1 saturated heterocycles. The molecule has 0 radical (unpaired) electrons. The quantitative estimate of drug-likeness (QED) is 0.849. The van der Waals surface area contributed by atoms with E-state index in [9.17, 15) is 0 Å². The fourth-order valence-corrected chi connectivity index (χ4v) is 3.26. The van der Waals surface area contributed by atoms with E-state index >= 15 is 0 Å². The third-order valence-electron chi connectivity index (χ3n) is 4.63. The zero-order valence-electron chi connectivity index (χ0n) is 12.9. The van der Waals surface area contributed by atoms with E-state index in [0.717, 1.165) is 31.0 Å². The van der Waals surface area contributed by atoms with Gasteiger partial charge in [-0.1, -0.05) is 23.3 Å². The normalized spacial score (nSPS) is 21.3. The van der Waals surface area contributed by atoms with Crippen LogP contribution in [0.5, 0.6) is 5.75 Å². The van der Waals surface area contributed by atoms with Crippen molar-refractivity contribution in [3.63, 3.8) is 0 Å². The van der Waals surface area contributed by atoms with Gasteiger partial charge in [0, 0.05) is 18.5 Å². The van der Waals surface area contributed by atoms with Gasteiger partial charge in [0.15, 0.2) is 0 Å². The van der Waals surface area contributed by atoms with Crippen LogP contribution in [-0.2, 0) is 6.42 Å². The molecule has 2 aromatic rings. The van der Waals surface area contributed by atoms with Crippen LogP contribution in [0.15, 0.2) is 28.7 Å². The molecule has 1 aliphatic carbocycles. The number of methoxy groups -OCH3 is 1. The average Bonchev–Trinajstić information content (AvgIpc) is 3.10. The Balaban J connectivity index is 1.52. The Kier molecular flexibility index (Phi) is 3.48. The molecule has 2 fully saturated rings. The maximum absolute atomic E-state index is 5.89. The van der Waals surface area contributed by atoms with Crippen LogP contribution in [0.3, 0.4) is 0 Å². The minimum absolute atomic E-state index is 0.406. The fraction of sp³-hybridized carbons (Fsp3) is 0.529. The number of hydrogen-bond acceptors (Lipinski definition) is 5. The van der Waals surface area contributed by atoms with E-state index in [0.29, 0.717) is 18.0 Å². The molecule has 1 atom stereocenters. The summed E-state index contributed by atoms with van der Waals surface area (Å²) in [6.07, 6.45) is 5.64. The summed E-state index contributed by atoms with van der Waals surface area (Å²) < 4.78 is 11.4. The van der Waals surface area contributed by atoms with E-state index in [1.807, 2.05) is 12.1 Å². The van der Waals surface area contributed by atoms with E-state index in [1.165, 1.54) is 24.8 Å². The summed E-state index contributed by atoms with van der Waals surface area (Å²) in [7, 11) is 1.73. The van der Waals surface area contributed by atoms with Crippen LogP contribution in [0.4, 0.5) is 6.01 Å². The van der Waals surface area contributed by atoms with E-state index in [2.05, 4.69) is 27.2 Å². The van der Waals surface area contributed by atoms with Crippen molar-refractivity contribution >= 4 is 6.01 Å². The van der Waals surface area contributed by atoms with Gasteiger partial charge in [0.25, 0.3) is 0 Å². The van der Waals surface area contributed by atoms with Crippen molar-refractivity contribution < 1.29 is 9.15 Å². The first-order valence-electron chi connectivity index (χ1n) is 8.07. The molecule has 2 heterocycles. The van der Waals surface area contributed by atoms with Crippen LogP contribution in [0.1, 0.15) is 43.1 Å². The maximum Gasteiger partial charge on any atom is 0.318 e. The molecule has 2 aliphatic rings. The SMILES string of the molecule is COc1ccccc1CC1CCCN1c1nnc(C2CC2)o1. The largest absolute Gasteiger partial charge is 0.496 e. The maximum atomic E-state index is 5.89. The van der Waals surface area contributed by atoms with Crippen molar-refractivity contribution in [2.45, 2.75) is 44.1 Å². The van der Waals surface area contributed by atoms with Crippen LogP contribution in [0, 0.1) is 0 Å². The second-order valence-corrected chi connectivity index (χ2v) is 6.20. The molecule has 5 nitrogen and oxygen atoms in total. The Hall–Kier alpha value is -2.04. The number of ether oxygens (including phenoxy) is 1. The third-order valence-corrected chi connectivity index (χ3v) is 4.63. The fourth-order valence-electron chi connectivity index (χ4n) is 3.26. The van der Waals surface area contributed by atoms with Gasteiger partial charge in [-0.15, -0.1) is 5.10 Å². The standard InChI is InChI=1S/C17H21N3O2/c1-21-15-7-3-2-5-13(15)11-14-6-4-10-20(14)17-19-18-16(22-17)12-8-9-12/h2-3,5,7,12,14H,4,6,8-11H2,1H3. The first-order valence-corrected chi connectivity index (χ1v) is 8.07. The highest BCUT2D eigenvalue weighted by Gasteiger charge is 2.33. The number of aromatic nitrogens is 2. The molecule has 22 heavy (non-hydrogen) atoms. The summed E-state index contributed by atoms with van der Waals surface area (Å²) >= 11 is 0. The molecule has 0 N–H and O–H groups in total. The molecule has 1 aromatic heterocycles. The van der Waals surface area contributed by atoms with E-state index in [4.69, 9.17) is 9.15 Å². The van der Waals surface area contributed by atoms with Crippen molar-refractivity contribution in [2.75, 3.05) is 18.6 Å². The van der Waals surface area contributed by atoms with E-state index in [-0.39, 0.29) is 0 Å². The van der Waals surface area contributed by atoms with Crippen molar-refractivity contribution in [3.8, 4) is 5.75 Å². The van der Waals surface area contributed by atoms with Crippen LogP contribution in [0.25, 0.3) is 0 Å². The van der Waals surface area contributed by atoms with Crippen molar-refractivity contribution in [1.82, 2.24) is 10.2 Å². The van der Waals surface area contributed by atoms with E-state index < -0.39 is 0 Å². The molecule has 0 amide bonds. The zero-order chi connectivity index (χ0) is 14.9. The highest BCUT2D eigenvalue weighted by molar-refractivity contribution is 5.37. The lowest BCUT2D eigenvalue weighted by atomic mass is 10.0. The van der Waals surface area contributed by atoms with Gasteiger partial charge in [0.2, 0.25) is 5.89 Å². The Morgan fingerprint density at radius 2 is 2.09 bits per heavy atom. The van der Waals surface area contributed by atoms with Gasteiger partial charge in [-0.2, -0.15) is 0 Å². The molecule has 0 bridgehead atoms. The lowest BCUT2D eigenvalue weighted by Gasteiger charge is -2.23. The molecule has 1 aromatic carbocycles. The number of rotatable bonds is 5. The minimum Gasteiger partial charge on any atom is -0.496 e. The van der Waals surface area contributed by atoms with Gasteiger partial charge in [-0.25, -0.2) is 0 Å². The molecule has 116 valence electrons. The lowest BCUT2D eigenvalue weighted by molar-refractivity contribution is 0.407. The first-order chi connectivity index (χ1) is 10.8. The van der Waals surface area contributed by atoms with Gasteiger partial charge in [0.05, 0.1) is 7.11 Å². The van der Waals surface area contributed by atoms with Gasteiger partial charge in [-0.05, 0) is 43.7 Å². The molecule has 0 spiro atoms. The number of anilines is 1. The molecule has 4 rings (SSSR count). The topological polar surface area (TPSA) is 51.4 Å². The van der Waals surface area contributed by atoms with Crippen molar-refractivity contribution in [1.29, 1.82) is 0 Å². The third kappa shape index (κ3) is 2.56. The number of para-hydroxylation sites is 1. The molecule has 1 saturated carbocycles. The smallest absolute Gasteiger partial charge is 0.318 e. The van der Waals surface area contributed by atoms with Crippen molar-refractivity contribution in [2.24, 2.45) is 0 Å². The zero-order valence-corrected chi connectivity index (χ0v) is 12.9. The average molecular weight is 299 g/mol. The Morgan fingerprint density at radius 3 is 2.91 bits per heavy atom. The molecular weight excluding hydrogens is 278 g/mol. The van der Waals surface area contributed by atoms with Gasteiger partial charge >= 0.3 is 6.01 Å². The molecular formula is C17H21N3O2. The highest BCUT2D eigenvalue weighted by Crippen LogP contribution is 2.40. The van der Waals surface area contributed by atoms with Crippen LogP contribution in [-0.4, -0.2) is 29.9 Å². The number of nitrogens with zero attached hydrogens (tertiary/aromatic N) is 3. The van der Waals surface area contributed by atoms with Gasteiger partial charge < -0.3 is 14.1 Å². The minimum atomic E-state index is 0.406.